The van der Waals surface area contributed by atoms with Gasteiger partial charge in [-0.05, 0) is 46.5 Å². The predicted molar refractivity (Wildman–Crippen MR) is 78.7 cm³/mol. The summed E-state index contributed by atoms with van der Waals surface area (Å²) in [7, 11) is 0. The number of fused-ring (bicyclic) bond motifs is 1. The molecular weight excluding hydrogens is 298 g/mol. The normalized spacial score (nSPS) is 11.2. The van der Waals surface area contributed by atoms with Crippen molar-refractivity contribution in [1.82, 2.24) is 9.38 Å². The summed E-state index contributed by atoms with van der Waals surface area (Å²) in [6.07, 6.45) is 0.934. The Balaban J connectivity index is 2.39. The molecule has 0 atom stereocenters. The largest absolute Gasteiger partial charge is 0.383 e. The zero-order valence-electron chi connectivity index (χ0n) is 10.0. The number of aromatic nitrogens is 2. The molecule has 2 aromatic heterocycles. The van der Waals surface area contributed by atoms with Crippen LogP contribution in [0.15, 0.2) is 16.6 Å². The van der Waals surface area contributed by atoms with Gasteiger partial charge in [0.2, 0.25) is 0 Å². The van der Waals surface area contributed by atoms with Crippen molar-refractivity contribution in [1.29, 1.82) is 0 Å². The van der Waals surface area contributed by atoms with Crippen LogP contribution in [0.4, 0.5) is 5.82 Å². The van der Waals surface area contributed by atoms with Crippen molar-refractivity contribution in [2.24, 2.45) is 0 Å². The van der Waals surface area contributed by atoms with Gasteiger partial charge in [-0.2, -0.15) is 11.8 Å². The van der Waals surface area contributed by atoms with E-state index in [2.05, 4.69) is 27.8 Å². The average molecular weight is 314 g/mol. The highest BCUT2D eigenvalue weighted by atomic mass is 79.9. The van der Waals surface area contributed by atoms with Crippen LogP contribution in [-0.4, -0.2) is 20.9 Å². The van der Waals surface area contributed by atoms with Crippen molar-refractivity contribution >= 4 is 39.2 Å². The molecule has 3 nitrogen and oxygen atoms in total. The standard InChI is InChI=1S/C12H16BrN3S/c1-3-17-7-6-10-12(14)16-8(2)9(13)4-5-11(16)15-10/h4-5H,3,6-7,14H2,1-2H3. The third-order valence-electron chi connectivity index (χ3n) is 2.76. The Morgan fingerprint density at radius 2 is 2.24 bits per heavy atom. The summed E-state index contributed by atoms with van der Waals surface area (Å²) in [4.78, 5) is 4.59. The Hall–Kier alpha value is -0.680. The molecule has 0 unspecified atom stereocenters. The zero-order valence-corrected chi connectivity index (χ0v) is 12.4. The first kappa shape index (κ1) is 12.8. The number of nitrogens with zero attached hydrogens (tertiary/aromatic N) is 2. The lowest BCUT2D eigenvalue weighted by atomic mass is 10.3. The fraction of sp³-hybridized carbons (Fsp3) is 0.417. The molecule has 0 amide bonds. The highest BCUT2D eigenvalue weighted by molar-refractivity contribution is 9.10. The number of hydrogen-bond acceptors (Lipinski definition) is 3. The van der Waals surface area contributed by atoms with E-state index in [9.17, 15) is 0 Å². The summed E-state index contributed by atoms with van der Waals surface area (Å²) in [5.74, 6) is 2.98. The molecule has 0 aliphatic heterocycles. The van der Waals surface area contributed by atoms with Crippen molar-refractivity contribution in [2.45, 2.75) is 20.3 Å². The summed E-state index contributed by atoms with van der Waals surface area (Å²) >= 11 is 5.43. The molecule has 17 heavy (non-hydrogen) atoms. The number of rotatable bonds is 4. The molecule has 0 radical (unpaired) electrons. The van der Waals surface area contributed by atoms with Crippen molar-refractivity contribution < 1.29 is 0 Å². The summed E-state index contributed by atoms with van der Waals surface area (Å²) in [5, 5.41) is 0. The van der Waals surface area contributed by atoms with E-state index in [1.54, 1.807) is 0 Å². The van der Waals surface area contributed by atoms with Crippen LogP contribution < -0.4 is 5.73 Å². The number of nitrogens with two attached hydrogens (primary N) is 1. The molecule has 92 valence electrons. The van der Waals surface area contributed by atoms with E-state index in [4.69, 9.17) is 5.73 Å². The van der Waals surface area contributed by atoms with Gasteiger partial charge in [-0.15, -0.1) is 0 Å². The average Bonchev–Trinajstić information content (AvgIpc) is 2.63. The third kappa shape index (κ3) is 2.45. The lowest BCUT2D eigenvalue weighted by molar-refractivity contribution is 1.07. The van der Waals surface area contributed by atoms with Crippen LogP contribution in [0.3, 0.4) is 0 Å². The lowest BCUT2D eigenvalue weighted by Gasteiger charge is -2.04. The van der Waals surface area contributed by atoms with Gasteiger partial charge >= 0.3 is 0 Å². The molecule has 2 aromatic rings. The van der Waals surface area contributed by atoms with Crippen molar-refractivity contribution in [2.75, 3.05) is 17.2 Å². The van der Waals surface area contributed by atoms with Gasteiger partial charge in [0.05, 0.1) is 5.69 Å². The fourth-order valence-corrected chi connectivity index (χ4v) is 2.77. The maximum atomic E-state index is 6.16. The summed E-state index contributed by atoms with van der Waals surface area (Å²) in [6.45, 7) is 4.21. The van der Waals surface area contributed by atoms with E-state index in [1.807, 2.05) is 35.2 Å². The molecule has 0 fully saturated rings. The Bertz CT molecular complexity index is 536. The van der Waals surface area contributed by atoms with Crippen molar-refractivity contribution in [3.05, 3.63) is 28.0 Å². The van der Waals surface area contributed by atoms with Gasteiger partial charge in [0.15, 0.2) is 0 Å². The van der Waals surface area contributed by atoms with E-state index in [1.165, 1.54) is 0 Å². The van der Waals surface area contributed by atoms with Crippen LogP contribution in [0.2, 0.25) is 0 Å². The van der Waals surface area contributed by atoms with Crippen LogP contribution in [0, 0.1) is 6.92 Å². The van der Waals surface area contributed by atoms with Crippen LogP contribution in [0.5, 0.6) is 0 Å². The maximum Gasteiger partial charge on any atom is 0.138 e. The molecular formula is C12H16BrN3S. The molecule has 0 spiro atoms. The molecule has 2 N–H and O–H groups in total. The van der Waals surface area contributed by atoms with Gasteiger partial charge < -0.3 is 5.73 Å². The first-order chi connectivity index (χ1) is 8.15. The van der Waals surface area contributed by atoms with Gasteiger partial charge in [0, 0.05) is 16.6 Å². The SMILES string of the molecule is CCSCCc1nc2ccc(Br)c(C)n2c1N. The summed E-state index contributed by atoms with van der Waals surface area (Å²) in [6, 6.07) is 4.01. The molecule has 0 saturated carbocycles. The quantitative estimate of drug-likeness (QED) is 0.881. The molecule has 0 saturated heterocycles. The highest BCUT2D eigenvalue weighted by Gasteiger charge is 2.11. The Labute approximate surface area is 114 Å². The molecule has 0 aromatic carbocycles. The molecule has 0 aliphatic rings. The van der Waals surface area contributed by atoms with Crippen LogP contribution >= 0.6 is 27.7 Å². The monoisotopic (exact) mass is 313 g/mol. The topological polar surface area (TPSA) is 43.3 Å². The second kappa shape index (κ2) is 5.31. The molecule has 2 rings (SSSR count). The number of anilines is 1. The molecule has 5 heteroatoms. The number of nitrogen functional groups attached to an aromatic ring is 1. The lowest BCUT2D eigenvalue weighted by Crippen LogP contribution is -2.00. The van der Waals surface area contributed by atoms with E-state index in [0.29, 0.717) is 0 Å². The number of thioether (sulfide) groups is 1. The minimum absolute atomic E-state index is 0.774. The van der Waals surface area contributed by atoms with E-state index in [-0.39, 0.29) is 0 Å². The van der Waals surface area contributed by atoms with E-state index in [0.717, 1.165) is 45.3 Å². The van der Waals surface area contributed by atoms with Crippen molar-refractivity contribution in [3.63, 3.8) is 0 Å². The van der Waals surface area contributed by atoms with Crippen LogP contribution in [-0.2, 0) is 6.42 Å². The van der Waals surface area contributed by atoms with Gasteiger partial charge in [0.1, 0.15) is 11.5 Å². The number of aryl methyl sites for hydroxylation is 2. The van der Waals surface area contributed by atoms with Gasteiger partial charge in [0.25, 0.3) is 0 Å². The smallest absolute Gasteiger partial charge is 0.138 e. The molecule has 2 heterocycles. The first-order valence-corrected chi connectivity index (χ1v) is 7.59. The fourth-order valence-electron chi connectivity index (χ4n) is 1.83. The molecule has 0 bridgehead atoms. The number of pyridine rings is 1. The van der Waals surface area contributed by atoms with Crippen LogP contribution in [0.25, 0.3) is 5.65 Å². The van der Waals surface area contributed by atoms with E-state index >= 15 is 0 Å². The second-order valence-corrected chi connectivity index (χ2v) is 6.10. The first-order valence-electron chi connectivity index (χ1n) is 5.64. The van der Waals surface area contributed by atoms with Gasteiger partial charge in [-0.3, -0.25) is 4.40 Å². The van der Waals surface area contributed by atoms with Gasteiger partial charge in [-0.1, -0.05) is 6.92 Å². The second-order valence-electron chi connectivity index (χ2n) is 3.85. The van der Waals surface area contributed by atoms with Gasteiger partial charge in [-0.25, -0.2) is 4.98 Å². The maximum absolute atomic E-state index is 6.16. The minimum atomic E-state index is 0.774. The summed E-state index contributed by atoms with van der Waals surface area (Å²) < 4.78 is 3.07. The Morgan fingerprint density at radius 1 is 1.47 bits per heavy atom. The number of halogens is 1. The Morgan fingerprint density at radius 3 is 2.94 bits per heavy atom. The number of imidazole rings is 1. The highest BCUT2D eigenvalue weighted by Crippen LogP contribution is 2.23. The molecule has 0 aliphatic carbocycles. The number of hydrogen-bond donors (Lipinski definition) is 1. The van der Waals surface area contributed by atoms with Crippen molar-refractivity contribution in [3.8, 4) is 0 Å². The van der Waals surface area contributed by atoms with E-state index < -0.39 is 0 Å². The predicted octanol–water partition coefficient (Wildman–Crippen LogP) is 3.28. The minimum Gasteiger partial charge on any atom is -0.383 e. The zero-order chi connectivity index (χ0) is 12.4. The Kier molecular flexibility index (Phi) is 3.99. The van der Waals surface area contributed by atoms with Crippen LogP contribution in [0.1, 0.15) is 18.3 Å². The summed E-state index contributed by atoms with van der Waals surface area (Å²) in [5.41, 5.74) is 9.20. The third-order valence-corrected chi connectivity index (χ3v) is 4.50.